The molecule has 0 aromatic rings. The molecule has 0 N–H and O–H groups in total. The topological polar surface area (TPSA) is 0 Å². The normalized spacial score (nSPS) is 28.4. The molecule has 0 aromatic carbocycles. The minimum absolute atomic E-state index is 0.737. The molecule has 0 amide bonds. The Kier molecular flexibility index (Phi) is 1.30. The van der Waals surface area contributed by atoms with Crippen LogP contribution in [0, 0.1) is 12.0 Å². The summed E-state index contributed by atoms with van der Waals surface area (Å²) in [5.41, 5.74) is 0. The summed E-state index contributed by atoms with van der Waals surface area (Å²) in [7, 11) is 0. The van der Waals surface area contributed by atoms with E-state index in [2.05, 4.69) is 25.2 Å². The van der Waals surface area contributed by atoms with Crippen molar-refractivity contribution in [3.63, 3.8) is 0 Å². The van der Waals surface area contributed by atoms with Gasteiger partial charge < -0.3 is 0 Å². The van der Waals surface area contributed by atoms with E-state index in [1.807, 2.05) is 6.08 Å². The number of rotatable bonds is 0. The second-order valence-electron chi connectivity index (χ2n) is 1.94. The van der Waals surface area contributed by atoms with Gasteiger partial charge in [-0.15, -0.1) is 0 Å². The zero-order valence-corrected chi connectivity index (χ0v) is 4.52. The molecule has 0 bridgehead atoms. The van der Waals surface area contributed by atoms with Crippen LogP contribution in [0.2, 0.25) is 0 Å². The summed E-state index contributed by atoms with van der Waals surface area (Å²) in [6, 6.07) is 0. The van der Waals surface area contributed by atoms with Crippen molar-refractivity contribution in [2.24, 2.45) is 5.92 Å². The molecule has 0 nitrogen and oxygen atoms in total. The van der Waals surface area contributed by atoms with Crippen LogP contribution in [0.5, 0.6) is 0 Å². The molecular weight excluding hydrogens is 84.1 g/mol. The van der Waals surface area contributed by atoms with Crippen LogP contribution in [0.1, 0.15) is 13.3 Å². The highest BCUT2D eigenvalue weighted by Gasteiger charge is 1.93. The number of hydrogen-bond acceptors (Lipinski definition) is 0. The molecule has 1 unspecified atom stereocenters. The third-order valence-electron chi connectivity index (χ3n) is 1.13. The van der Waals surface area contributed by atoms with Crippen LogP contribution in [0.15, 0.2) is 18.2 Å². The molecule has 1 aliphatic carbocycles. The molecule has 1 aliphatic rings. The third-order valence-corrected chi connectivity index (χ3v) is 1.13. The quantitative estimate of drug-likeness (QED) is 0.429. The Morgan fingerprint density at radius 1 is 1.71 bits per heavy atom. The van der Waals surface area contributed by atoms with Crippen molar-refractivity contribution in [2.75, 3.05) is 0 Å². The van der Waals surface area contributed by atoms with Crippen molar-refractivity contribution in [3.05, 3.63) is 24.3 Å². The molecule has 0 aromatic heterocycles. The van der Waals surface area contributed by atoms with Gasteiger partial charge in [-0.05, 0) is 18.4 Å². The standard InChI is InChI=1S/C7H9/c1-7-5-3-2-4-6-7/h3-5,7H,6H2,1H3. The Balaban J connectivity index is 2.49. The summed E-state index contributed by atoms with van der Waals surface area (Å²) in [6.45, 7) is 2.20. The van der Waals surface area contributed by atoms with Crippen LogP contribution in [0.4, 0.5) is 0 Å². The summed E-state index contributed by atoms with van der Waals surface area (Å²) < 4.78 is 0. The van der Waals surface area contributed by atoms with Gasteiger partial charge >= 0.3 is 0 Å². The van der Waals surface area contributed by atoms with E-state index in [1.54, 1.807) is 0 Å². The van der Waals surface area contributed by atoms with Gasteiger partial charge in [0.2, 0.25) is 0 Å². The minimum atomic E-state index is 0.737. The van der Waals surface area contributed by atoms with Crippen LogP contribution < -0.4 is 0 Å². The van der Waals surface area contributed by atoms with Crippen LogP contribution in [0.3, 0.4) is 0 Å². The lowest BCUT2D eigenvalue weighted by molar-refractivity contribution is 0.734. The van der Waals surface area contributed by atoms with Gasteiger partial charge in [0, 0.05) is 0 Å². The second kappa shape index (κ2) is 1.97. The largest absolute Gasteiger partial charge is 0.0808 e. The third kappa shape index (κ3) is 1.19. The lowest BCUT2D eigenvalue weighted by Crippen LogP contribution is -1.88. The predicted molar refractivity (Wildman–Crippen MR) is 30.7 cm³/mol. The molecule has 37 valence electrons. The average molecular weight is 93.1 g/mol. The molecular formula is C7H9. The lowest BCUT2D eigenvalue weighted by Gasteiger charge is -2.01. The van der Waals surface area contributed by atoms with E-state index in [0.717, 1.165) is 12.3 Å². The van der Waals surface area contributed by atoms with Gasteiger partial charge in [0.05, 0.1) is 0 Å². The number of hydrogen-bond donors (Lipinski definition) is 0. The molecule has 0 heteroatoms. The van der Waals surface area contributed by atoms with E-state index in [0.29, 0.717) is 0 Å². The zero-order chi connectivity index (χ0) is 5.11. The maximum Gasteiger partial charge on any atom is -0.0224 e. The van der Waals surface area contributed by atoms with E-state index in [4.69, 9.17) is 0 Å². The fourth-order valence-electron chi connectivity index (χ4n) is 0.620. The van der Waals surface area contributed by atoms with E-state index < -0.39 is 0 Å². The first-order chi connectivity index (χ1) is 3.39. The van der Waals surface area contributed by atoms with Gasteiger partial charge in [0.1, 0.15) is 0 Å². The molecule has 0 saturated heterocycles. The molecule has 1 atom stereocenters. The second-order valence-corrected chi connectivity index (χ2v) is 1.94. The number of allylic oxidation sites excluding steroid dienone is 4. The monoisotopic (exact) mass is 93.1 g/mol. The summed E-state index contributed by atoms with van der Waals surface area (Å²) in [4.78, 5) is 0. The van der Waals surface area contributed by atoms with Crippen molar-refractivity contribution in [1.82, 2.24) is 0 Å². The van der Waals surface area contributed by atoms with Crippen LogP contribution >= 0.6 is 0 Å². The molecule has 0 saturated carbocycles. The molecule has 0 fully saturated rings. The van der Waals surface area contributed by atoms with Crippen molar-refractivity contribution in [3.8, 4) is 0 Å². The van der Waals surface area contributed by atoms with E-state index >= 15 is 0 Å². The first-order valence-electron chi connectivity index (χ1n) is 2.64. The smallest absolute Gasteiger partial charge is 0.0224 e. The molecule has 0 spiro atoms. The molecule has 0 aliphatic heterocycles. The van der Waals surface area contributed by atoms with Crippen molar-refractivity contribution in [2.45, 2.75) is 13.3 Å². The van der Waals surface area contributed by atoms with Gasteiger partial charge in [0.15, 0.2) is 0 Å². The summed E-state index contributed by atoms with van der Waals surface area (Å²) in [5.74, 6) is 0.737. The lowest BCUT2D eigenvalue weighted by atomic mass is 10.0. The Morgan fingerprint density at radius 3 is 2.86 bits per heavy atom. The van der Waals surface area contributed by atoms with Gasteiger partial charge in [-0.25, -0.2) is 0 Å². The molecule has 1 radical (unpaired) electrons. The molecule has 0 heterocycles. The fourth-order valence-corrected chi connectivity index (χ4v) is 0.620. The molecule has 7 heavy (non-hydrogen) atoms. The predicted octanol–water partition coefficient (Wildman–Crippen LogP) is 1.94. The van der Waals surface area contributed by atoms with Crippen molar-refractivity contribution >= 4 is 0 Å². The van der Waals surface area contributed by atoms with Gasteiger partial charge in [-0.1, -0.05) is 25.2 Å². The van der Waals surface area contributed by atoms with Gasteiger partial charge in [-0.2, -0.15) is 0 Å². The Morgan fingerprint density at radius 2 is 2.57 bits per heavy atom. The first-order valence-corrected chi connectivity index (χ1v) is 2.64. The van der Waals surface area contributed by atoms with E-state index in [-0.39, 0.29) is 0 Å². The van der Waals surface area contributed by atoms with Crippen LogP contribution in [-0.4, -0.2) is 0 Å². The van der Waals surface area contributed by atoms with E-state index in [9.17, 15) is 0 Å². The minimum Gasteiger partial charge on any atom is -0.0808 e. The van der Waals surface area contributed by atoms with E-state index in [1.165, 1.54) is 0 Å². The summed E-state index contributed by atoms with van der Waals surface area (Å²) in [5, 5.41) is 0. The van der Waals surface area contributed by atoms with Crippen LogP contribution in [0.25, 0.3) is 0 Å². The first kappa shape index (κ1) is 4.63. The average Bonchev–Trinajstić information content (AvgIpc) is 1.69. The fraction of sp³-hybridized carbons (Fsp3) is 0.429. The SMILES string of the molecule is CC1C=C[C]=CC1. The van der Waals surface area contributed by atoms with Crippen molar-refractivity contribution < 1.29 is 0 Å². The Labute approximate surface area is 44.5 Å². The Bertz CT molecular complexity index is 98.6. The summed E-state index contributed by atoms with van der Waals surface area (Å²) in [6.07, 6.45) is 10.4. The molecule has 1 rings (SSSR count). The maximum atomic E-state index is 3.01. The highest BCUT2D eigenvalue weighted by Crippen LogP contribution is 2.07. The van der Waals surface area contributed by atoms with Crippen LogP contribution in [-0.2, 0) is 0 Å². The van der Waals surface area contributed by atoms with Gasteiger partial charge in [0.25, 0.3) is 0 Å². The highest BCUT2D eigenvalue weighted by molar-refractivity contribution is 5.03. The van der Waals surface area contributed by atoms with Gasteiger partial charge in [-0.3, -0.25) is 0 Å². The maximum absolute atomic E-state index is 3.01. The summed E-state index contributed by atoms with van der Waals surface area (Å²) >= 11 is 0. The highest BCUT2D eigenvalue weighted by atomic mass is 14.0. The Hall–Kier alpha value is -0.520. The zero-order valence-electron chi connectivity index (χ0n) is 4.52. The van der Waals surface area contributed by atoms with Crippen molar-refractivity contribution in [1.29, 1.82) is 0 Å².